The van der Waals surface area contributed by atoms with Crippen LogP contribution in [0.15, 0.2) is 18.2 Å². The quantitative estimate of drug-likeness (QED) is 0.789. The van der Waals surface area contributed by atoms with Gasteiger partial charge >= 0.3 is 0 Å². The third-order valence-corrected chi connectivity index (χ3v) is 4.87. The maximum absolute atomic E-state index is 12.7. The lowest BCUT2D eigenvalue weighted by Gasteiger charge is -2.38. The first-order valence-electron chi connectivity index (χ1n) is 8.27. The average Bonchev–Trinajstić information content (AvgIpc) is 2.51. The standard InChI is InChI=1S/C18H24Cl2N2O2/c1-12(2)17(8-13(3)23)18(24)22-6-4-21(5-7-22)16-10-14(19)9-15(20)11-16/h9-12,17H,4-8H2,1-3H3. The fourth-order valence-corrected chi connectivity index (χ4v) is 3.57. The van der Waals surface area contributed by atoms with Crippen molar-refractivity contribution in [3.8, 4) is 0 Å². The highest BCUT2D eigenvalue weighted by atomic mass is 35.5. The van der Waals surface area contributed by atoms with Gasteiger partial charge in [-0.05, 0) is 31.0 Å². The molecule has 2 rings (SSSR count). The Labute approximate surface area is 153 Å². The fraction of sp³-hybridized carbons (Fsp3) is 0.556. The molecule has 0 spiro atoms. The van der Waals surface area contributed by atoms with Gasteiger partial charge in [0.25, 0.3) is 0 Å². The summed E-state index contributed by atoms with van der Waals surface area (Å²) in [6.45, 7) is 8.28. The van der Waals surface area contributed by atoms with Gasteiger partial charge in [-0.2, -0.15) is 0 Å². The van der Waals surface area contributed by atoms with Crippen LogP contribution in [0.3, 0.4) is 0 Å². The van der Waals surface area contributed by atoms with Crippen molar-refractivity contribution in [2.24, 2.45) is 11.8 Å². The second kappa shape index (κ2) is 8.21. The van der Waals surface area contributed by atoms with E-state index >= 15 is 0 Å². The predicted octanol–water partition coefficient (Wildman–Crippen LogP) is 3.89. The highest BCUT2D eigenvalue weighted by Gasteiger charge is 2.30. The number of anilines is 1. The number of hydrogen-bond acceptors (Lipinski definition) is 3. The van der Waals surface area contributed by atoms with E-state index in [1.807, 2.05) is 30.9 Å². The third kappa shape index (κ3) is 4.87. The Kier molecular flexibility index (Phi) is 6.53. The lowest BCUT2D eigenvalue weighted by molar-refractivity contribution is -0.139. The van der Waals surface area contributed by atoms with Crippen LogP contribution in [0.4, 0.5) is 5.69 Å². The molecule has 132 valence electrons. The summed E-state index contributed by atoms with van der Waals surface area (Å²) in [5.74, 6) is 0.0825. The van der Waals surface area contributed by atoms with E-state index in [-0.39, 0.29) is 23.5 Å². The number of carbonyl (C=O) groups excluding carboxylic acids is 2. The monoisotopic (exact) mass is 370 g/mol. The predicted molar refractivity (Wildman–Crippen MR) is 98.9 cm³/mol. The molecule has 1 saturated heterocycles. The summed E-state index contributed by atoms with van der Waals surface area (Å²) in [4.78, 5) is 28.2. The van der Waals surface area contributed by atoms with Gasteiger partial charge < -0.3 is 14.6 Å². The summed E-state index contributed by atoms with van der Waals surface area (Å²) in [6.07, 6.45) is 0.320. The Morgan fingerprint density at radius 1 is 1.04 bits per heavy atom. The first kappa shape index (κ1) is 19.1. The molecule has 1 fully saturated rings. The molecular weight excluding hydrogens is 347 g/mol. The van der Waals surface area contributed by atoms with Crippen molar-refractivity contribution >= 4 is 40.6 Å². The molecule has 0 N–H and O–H groups in total. The maximum atomic E-state index is 12.7. The maximum Gasteiger partial charge on any atom is 0.226 e. The molecule has 0 bridgehead atoms. The molecule has 1 aliphatic heterocycles. The molecule has 1 aromatic rings. The number of Topliss-reactive ketones (excluding diaryl/α,β-unsaturated/α-hetero) is 1. The van der Waals surface area contributed by atoms with Crippen LogP contribution in [0.2, 0.25) is 10.0 Å². The third-order valence-electron chi connectivity index (χ3n) is 4.43. The highest BCUT2D eigenvalue weighted by molar-refractivity contribution is 6.35. The van der Waals surface area contributed by atoms with Gasteiger partial charge in [-0.25, -0.2) is 0 Å². The van der Waals surface area contributed by atoms with Crippen molar-refractivity contribution in [2.45, 2.75) is 27.2 Å². The number of amides is 1. The molecule has 0 radical (unpaired) electrons. The van der Waals surface area contributed by atoms with Gasteiger partial charge in [0.15, 0.2) is 0 Å². The van der Waals surface area contributed by atoms with Crippen molar-refractivity contribution in [2.75, 3.05) is 31.1 Å². The number of rotatable bonds is 5. The molecule has 1 aromatic carbocycles. The molecule has 1 unspecified atom stereocenters. The summed E-state index contributed by atoms with van der Waals surface area (Å²) in [6, 6.07) is 5.48. The summed E-state index contributed by atoms with van der Waals surface area (Å²) >= 11 is 12.1. The normalized spacial score (nSPS) is 16.4. The van der Waals surface area contributed by atoms with Gasteiger partial charge in [-0.15, -0.1) is 0 Å². The van der Waals surface area contributed by atoms with E-state index in [9.17, 15) is 9.59 Å². The SMILES string of the molecule is CC(=O)CC(C(=O)N1CCN(c2cc(Cl)cc(Cl)c2)CC1)C(C)C. The smallest absolute Gasteiger partial charge is 0.226 e. The van der Waals surface area contributed by atoms with Crippen molar-refractivity contribution in [1.82, 2.24) is 4.90 Å². The molecule has 0 aliphatic carbocycles. The van der Waals surface area contributed by atoms with Gasteiger partial charge in [0.1, 0.15) is 5.78 Å². The minimum Gasteiger partial charge on any atom is -0.368 e. The number of halogens is 2. The second-order valence-electron chi connectivity index (χ2n) is 6.70. The van der Waals surface area contributed by atoms with E-state index in [1.165, 1.54) is 0 Å². The van der Waals surface area contributed by atoms with Crippen LogP contribution in [0.25, 0.3) is 0 Å². The zero-order valence-electron chi connectivity index (χ0n) is 14.4. The largest absolute Gasteiger partial charge is 0.368 e. The second-order valence-corrected chi connectivity index (χ2v) is 7.57. The van der Waals surface area contributed by atoms with Crippen LogP contribution < -0.4 is 4.90 Å². The first-order chi connectivity index (χ1) is 11.3. The van der Waals surface area contributed by atoms with Gasteiger partial charge in [0, 0.05) is 54.3 Å². The zero-order valence-corrected chi connectivity index (χ0v) is 15.9. The van der Waals surface area contributed by atoms with Gasteiger partial charge in [-0.1, -0.05) is 37.0 Å². The van der Waals surface area contributed by atoms with E-state index in [1.54, 1.807) is 13.0 Å². The van der Waals surface area contributed by atoms with Crippen LogP contribution in [-0.4, -0.2) is 42.8 Å². The van der Waals surface area contributed by atoms with Gasteiger partial charge in [0.05, 0.1) is 0 Å². The molecule has 1 atom stereocenters. The van der Waals surface area contributed by atoms with Crippen molar-refractivity contribution < 1.29 is 9.59 Å². The Hall–Kier alpha value is -1.26. The molecule has 4 nitrogen and oxygen atoms in total. The van der Waals surface area contributed by atoms with Crippen molar-refractivity contribution in [3.05, 3.63) is 28.2 Å². The van der Waals surface area contributed by atoms with Crippen molar-refractivity contribution in [3.63, 3.8) is 0 Å². The number of ketones is 1. The number of benzene rings is 1. The molecule has 24 heavy (non-hydrogen) atoms. The first-order valence-corrected chi connectivity index (χ1v) is 9.02. The van der Waals surface area contributed by atoms with Crippen LogP contribution in [-0.2, 0) is 9.59 Å². The molecule has 6 heteroatoms. The Morgan fingerprint density at radius 2 is 1.58 bits per heavy atom. The molecule has 1 amide bonds. The van der Waals surface area contributed by atoms with Gasteiger partial charge in [0.2, 0.25) is 5.91 Å². The van der Waals surface area contributed by atoms with E-state index in [0.29, 0.717) is 29.6 Å². The fourth-order valence-electron chi connectivity index (χ4n) is 3.06. The lowest BCUT2D eigenvalue weighted by Crippen LogP contribution is -2.51. The van der Waals surface area contributed by atoms with Crippen LogP contribution in [0.5, 0.6) is 0 Å². The van der Waals surface area contributed by atoms with Crippen LogP contribution in [0, 0.1) is 11.8 Å². The topological polar surface area (TPSA) is 40.6 Å². The van der Waals surface area contributed by atoms with E-state index in [4.69, 9.17) is 23.2 Å². The summed E-state index contributed by atoms with van der Waals surface area (Å²) < 4.78 is 0. The van der Waals surface area contributed by atoms with Crippen LogP contribution >= 0.6 is 23.2 Å². The lowest BCUT2D eigenvalue weighted by atomic mass is 9.89. The number of piperazine rings is 1. The zero-order chi connectivity index (χ0) is 17.9. The van der Waals surface area contributed by atoms with Crippen LogP contribution in [0.1, 0.15) is 27.2 Å². The molecule has 1 heterocycles. The molecular formula is C18H24Cl2N2O2. The number of carbonyl (C=O) groups is 2. The minimum atomic E-state index is -0.227. The van der Waals surface area contributed by atoms with Crippen molar-refractivity contribution in [1.29, 1.82) is 0 Å². The molecule has 1 aliphatic rings. The Balaban J connectivity index is 2.00. The molecule has 0 aromatic heterocycles. The summed E-state index contributed by atoms with van der Waals surface area (Å²) in [5, 5.41) is 1.22. The Morgan fingerprint density at radius 3 is 2.04 bits per heavy atom. The average molecular weight is 371 g/mol. The number of hydrogen-bond donors (Lipinski definition) is 0. The Bertz CT molecular complexity index is 591. The van der Waals surface area contributed by atoms with E-state index in [2.05, 4.69) is 4.90 Å². The highest BCUT2D eigenvalue weighted by Crippen LogP contribution is 2.27. The molecule has 0 saturated carbocycles. The summed E-state index contributed by atoms with van der Waals surface area (Å²) in [5.41, 5.74) is 0.976. The van der Waals surface area contributed by atoms with E-state index < -0.39 is 0 Å². The van der Waals surface area contributed by atoms with Gasteiger partial charge in [-0.3, -0.25) is 4.79 Å². The number of nitrogens with zero attached hydrogens (tertiary/aromatic N) is 2. The summed E-state index contributed by atoms with van der Waals surface area (Å²) in [7, 11) is 0. The van der Waals surface area contributed by atoms with E-state index in [0.717, 1.165) is 18.8 Å². The minimum absolute atomic E-state index is 0.0641.